The summed E-state index contributed by atoms with van der Waals surface area (Å²) in [5, 5.41) is 0. The molecule has 4 rings (SSSR count). The van der Waals surface area contributed by atoms with Crippen LogP contribution >= 0.6 is 0 Å². The summed E-state index contributed by atoms with van der Waals surface area (Å²) in [6.07, 6.45) is 8.95. The van der Waals surface area contributed by atoms with Crippen molar-refractivity contribution in [3.05, 3.63) is 53.6 Å². The van der Waals surface area contributed by atoms with E-state index in [-0.39, 0.29) is 11.9 Å². The van der Waals surface area contributed by atoms with Gasteiger partial charge in [-0.3, -0.25) is 4.79 Å². The molecule has 2 aliphatic carbocycles. The van der Waals surface area contributed by atoms with Crippen molar-refractivity contribution in [1.29, 1.82) is 0 Å². The molecule has 0 spiro atoms. The highest BCUT2D eigenvalue weighted by atomic mass is 16.5. The molecule has 0 aromatic heterocycles. The Morgan fingerprint density at radius 2 is 1.69 bits per heavy atom. The first-order valence-electron chi connectivity index (χ1n) is 10.2. The number of benzene rings is 2. The van der Waals surface area contributed by atoms with Gasteiger partial charge >= 0.3 is 5.97 Å². The van der Waals surface area contributed by atoms with Crippen molar-refractivity contribution in [2.75, 3.05) is 0 Å². The van der Waals surface area contributed by atoms with Gasteiger partial charge < -0.3 is 4.74 Å². The number of carbonyl (C=O) groups is 1. The Labute approximate surface area is 156 Å². The van der Waals surface area contributed by atoms with Crippen molar-refractivity contribution in [2.45, 2.75) is 58.3 Å². The van der Waals surface area contributed by atoms with E-state index in [1.807, 2.05) is 6.07 Å². The fourth-order valence-corrected chi connectivity index (χ4v) is 4.67. The molecule has 0 aliphatic heterocycles. The Kier molecular flexibility index (Phi) is 5.10. The lowest BCUT2D eigenvalue weighted by molar-refractivity contribution is -0.140. The molecular formula is C24H28O2. The summed E-state index contributed by atoms with van der Waals surface area (Å²) >= 11 is 0. The van der Waals surface area contributed by atoms with E-state index in [9.17, 15) is 4.79 Å². The highest BCUT2D eigenvalue weighted by molar-refractivity contribution is 5.77. The van der Waals surface area contributed by atoms with Gasteiger partial charge in [0.2, 0.25) is 0 Å². The highest BCUT2D eigenvalue weighted by Crippen LogP contribution is 2.36. The zero-order chi connectivity index (χ0) is 17.9. The molecule has 2 aromatic carbocycles. The molecule has 136 valence electrons. The summed E-state index contributed by atoms with van der Waals surface area (Å²) in [5.74, 6) is 1.58. The third kappa shape index (κ3) is 3.56. The van der Waals surface area contributed by atoms with Crippen LogP contribution in [0.15, 0.2) is 42.5 Å². The predicted octanol–water partition coefficient (Wildman–Crippen LogP) is 5.96. The normalized spacial score (nSPS) is 21.6. The lowest BCUT2D eigenvalue weighted by atomic mass is 9.80. The van der Waals surface area contributed by atoms with Gasteiger partial charge in [-0.15, -0.1) is 0 Å². The standard InChI is InChI=1S/C24H28O2/c1-2-5-17-8-10-19(11-9-17)24(25)26-21-14-15-23-20(16-21)13-12-18-6-3-4-7-22(18)23/h3-4,6-7,14-17,19H,2,5,8-13H2,1H3. The van der Waals surface area contributed by atoms with Crippen molar-refractivity contribution in [3.8, 4) is 16.9 Å². The zero-order valence-corrected chi connectivity index (χ0v) is 15.7. The lowest BCUT2D eigenvalue weighted by Gasteiger charge is -2.27. The van der Waals surface area contributed by atoms with Gasteiger partial charge in [-0.05, 0) is 78.8 Å². The van der Waals surface area contributed by atoms with Gasteiger partial charge in [0.15, 0.2) is 0 Å². The number of rotatable bonds is 4. The molecule has 0 unspecified atom stereocenters. The molecule has 0 atom stereocenters. The third-order valence-corrected chi connectivity index (χ3v) is 6.14. The molecule has 1 saturated carbocycles. The van der Waals surface area contributed by atoms with Crippen molar-refractivity contribution >= 4 is 5.97 Å². The SMILES string of the molecule is CCCC1CCC(C(=O)Oc2ccc3c(c2)CCc2ccccc2-3)CC1. The van der Waals surface area contributed by atoms with Gasteiger partial charge in [-0.25, -0.2) is 0 Å². The summed E-state index contributed by atoms with van der Waals surface area (Å²) in [5.41, 5.74) is 5.31. The molecule has 2 nitrogen and oxygen atoms in total. The molecule has 2 aliphatic rings. The molecule has 0 bridgehead atoms. The van der Waals surface area contributed by atoms with Crippen molar-refractivity contribution < 1.29 is 9.53 Å². The van der Waals surface area contributed by atoms with Crippen LogP contribution in [0.1, 0.15) is 56.6 Å². The second-order valence-corrected chi connectivity index (χ2v) is 7.90. The van der Waals surface area contributed by atoms with Gasteiger partial charge in [0.05, 0.1) is 5.92 Å². The molecule has 0 heterocycles. The van der Waals surface area contributed by atoms with Crippen LogP contribution in [0.2, 0.25) is 0 Å². The van der Waals surface area contributed by atoms with Crippen LogP contribution in [-0.4, -0.2) is 5.97 Å². The van der Waals surface area contributed by atoms with E-state index < -0.39 is 0 Å². The highest BCUT2D eigenvalue weighted by Gasteiger charge is 2.27. The average molecular weight is 348 g/mol. The monoisotopic (exact) mass is 348 g/mol. The van der Waals surface area contributed by atoms with Crippen LogP contribution in [0.3, 0.4) is 0 Å². The first-order chi connectivity index (χ1) is 12.7. The minimum absolute atomic E-state index is 0.0314. The maximum atomic E-state index is 12.6. The number of carbonyl (C=O) groups excluding carboxylic acids is 1. The van der Waals surface area contributed by atoms with Gasteiger partial charge in [-0.2, -0.15) is 0 Å². The maximum absolute atomic E-state index is 12.6. The number of fused-ring (bicyclic) bond motifs is 3. The Bertz CT molecular complexity index is 785. The first-order valence-corrected chi connectivity index (χ1v) is 10.2. The van der Waals surface area contributed by atoms with E-state index in [0.717, 1.165) is 31.6 Å². The Hall–Kier alpha value is -2.09. The number of hydrogen-bond donors (Lipinski definition) is 0. The van der Waals surface area contributed by atoms with Crippen molar-refractivity contribution in [2.24, 2.45) is 11.8 Å². The predicted molar refractivity (Wildman–Crippen MR) is 105 cm³/mol. The topological polar surface area (TPSA) is 26.3 Å². The molecular weight excluding hydrogens is 320 g/mol. The third-order valence-electron chi connectivity index (χ3n) is 6.14. The average Bonchev–Trinajstić information content (AvgIpc) is 2.68. The first kappa shape index (κ1) is 17.3. The minimum Gasteiger partial charge on any atom is -0.426 e. The van der Waals surface area contributed by atoms with E-state index in [1.54, 1.807) is 0 Å². The summed E-state index contributed by atoms with van der Waals surface area (Å²) < 4.78 is 5.76. The van der Waals surface area contributed by atoms with Crippen molar-refractivity contribution in [1.82, 2.24) is 0 Å². The number of esters is 1. The van der Waals surface area contributed by atoms with E-state index >= 15 is 0 Å². The zero-order valence-electron chi connectivity index (χ0n) is 15.7. The summed E-state index contributed by atoms with van der Waals surface area (Å²) in [7, 11) is 0. The summed E-state index contributed by atoms with van der Waals surface area (Å²) in [6.45, 7) is 2.24. The molecule has 1 fully saturated rings. The quantitative estimate of drug-likeness (QED) is 0.503. The van der Waals surface area contributed by atoms with E-state index in [0.29, 0.717) is 5.75 Å². The molecule has 0 amide bonds. The van der Waals surface area contributed by atoms with Crippen LogP contribution in [0.25, 0.3) is 11.1 Å². The van der Waals surface area contributed by atoms with Gasteiger partial charge in [0, 0.05) is 0 Å². The molecule has 0 saturated heterocycles. The van der Waals surface area contributed by atoms with Crippen LogP contribution in [0.4, 0.5) is 0 Å². The molecule has 0 radical (unpaired) electrons. The van der Waals surface area contributed by atoms with Crippen LogP contribution in [0, 0.1) is 11.8 Å². The fraction of sp³-hybridized carbons (Fsp3) is 0.458. The summed E-state index contributed by atoms with van der Waals surface area (Å²) in [4.78, 5) is 12.6. The van der Waals surface area contributed by atoms with Crippen LogP contribution in [0.5, 0.6) is 5.75 Å². The van der Waals surface area contributed by atoms with Gasteiger partial charge in [-0.1, -0.05) is 50.1 Å². The van der Waals surface area contributed by atoms with Gasteiger partial charge in [0.1, 0.15) is 5.75 Å². The summed E-state index contributed by atoms with van der Waals surface area (Å²) in [6, 6.07) is 14.8. The molecule has 26 heavy (non-hydrogen) atoms. The Morgan fingerprint density at radius 1 is 0.962 bits per heavy atom. The second kappa shape index (κ2) is 7.65. The van der Waals surface area contributed by atoms with Gasteiger partial charge in [0.25, 0.3) is 0 Å². The van der Waals surface area contributed by atoms with E-state index in [4.69, 9.17) is 4.74 Å². The number of ether oxygens (including phenoxy) is 1. The largest absolute Gasteiger partial charge is 0.426 e. The van der Waals surface area contributed by atoms with Crippen molar-refractivity contribution in [3.63, 3.8) is 0 Å². The smallest absolute Gasteiger partial charge is 0.314 e. The minimum atomic E-state index is -0.0314. The molecule has 0 N–H and O–H groups in total. The fourth-order valence-electron chi connectivity index (χ4n) is 4.67. The maximum Gasteiger partial charge on any atom is 0.314 e. The van der Waals surface area contributed by atoms with E-state index in [1.165, 1.54) is 47.9 Å². The Morgan fingerprint density at radius 3 is 2.50 bits per heavy atom. The van der Waals surface area contributed by atoms with E-state index in [2.05, 4.69) is 43.3 Å². The number of aryl methyl sites for hydroxylation is 2. The number of hydrogen-bond acceptors (Lipinski definition) is 2. The van der Waals surface area contributed by atoms with Crippen LogP contribution in [-0.2, 0) is 17.6 Å². The second-order valence-electron chi connectivity index (χ2n) is 7.90. The molecule has 2 aromatic rings. The lowest BCUT2D eigenvalue weighted by Crippen LogP contribution is -2.25. The molecule has 2 heteroatoms. The van der Waals surface area contributed by atoms with Crippen LogP contribution < -0.4 is 4.74 Å². The Balaban J connectivity index is 1.43.